The first kappa shape index (κ1) is 34.4. The van der Waals surface area contributed by atoms with Crippen LogP contribution in [0, 0.1) is 11.8 Å². The second-order valence-corrected chi connectivity index (χ2v) is 13.6. The van der Waals surface area contributed by atoms with E-state index >= 15 is 0 Å². The van der Waals surface area contributed by atoms with E-state index in [1.807, 2.05) is 0 Å². The summed E-state index contributed by atoms with van der Waals surface area (Å²) in [5, 5.41) is 0. The van der Waals surface area contributed by atoms with Gasteiger partial charge in [-0.3, -0.25) is 4.79 Å². The first-order chi connectivity index (χ1) is 17.7. The van der Waals surface area contributed by atoms with Gasteiger partial charge in [0.1, 0.15) is 26.2 Å². The van der Waals surface area contributed by atoms with Gasteiger partial charge >= 0.3 is 0 Å². The van der Waals surface area contributed by atoms with Gasteiger partial charge in [-0.25, -0.2) is 0 Å². The first-order valence-corrected chi connectivity index (χ1v) is 16.6. The van der Waals surface area contributed by atoms with Gasteiger partial charge in [0.2, 0.25) is 0 Å². The molecule has 2 atom stereocenters. The van der Waals surface area contributed by atoms with Crippen LogP contribution in [0.15, 0.2) is 0 Å². The second kappa shape index (κ2) is 19.4. The van der Waals surface area contributed by atoms with Crippen molar-refractivity contribution in [3.63, 3.8) is 0 Å². The maximum Gasteiger partial charge on any atom is 0.277 e. The maximum atomic E-state index is 14.0. The van der Waals surface area contributed by atoms with E-state index in [1.165, 1.54) is 116 Å². The smallest absolute Gasteiger partial charge is 0.277 e. The summed E-state index contributed by atoms with van der Waals surface area (Å²) in [7, 11) is 7.01. The minimum atomic E-state index is 0.439. The lowest BCUT2D eigenvalue weighted by molar-refractivity contribution is -1.00. The minimum Gasteiger partial charge on any atom is -0.337 e. The van der Waals surface area contributed by atoms with Gasteiger partial charge in [0, 0.05) is 13.1 Å². The van der Waals surface area contributed by atoms with E-state index in [0.29, 0.717) is 24.3 Å². The number of hydrogen-bond acceptors (Lipinski definition) is 1. The number of amides is 1. The molecule has 0 radical (unpaired) electrons. The van der Waals surface area contributed by atoms with Gasteiger partial charge in [-0.15, -0.1) is 0 Å². The summed E-state index contributed by atoms with van der Waals surface area (Å²) in [6, 6.07) is 0. The molecule has 4 nitrogen and oxygen atoms in total. The lowest BCUT2D eigenvalue weighted by Crippen LogP contribution is -2.64. The second-order valence-electron chi connectivity index (χ2n) is 13.6. The van der Waals surface area contributed by atoms with Crippen LogP contribution < -0.4 is 0 Å². The Kier molecular flexibility index (Phi) is 18.1. The standard InChI is InChI=1S/C33H69N3O/c1-8-12-14-16-18-22-31(20-10-3)28-34(29-32(21-11-4)23-19-17-15-13-9-2)33(37)30-36(7)26-24-35(5,6)25-27-36/h31-32H,8-30H2,1-7H3/q+2. The maximum absolute atomic E-state index is 14.0. The number of carbonyl (C=O) groups is 1. The molecule has 0 aromatic rings. The SMILES string of the molecule is CCCCCCCC(CCC)CN(CC(CCC)CCCCCCC)C(=O)C[N+]1(C)CC[N+](C)(C)CC1. The Morgan fingerprint density at radius 3 is 1.43 bits per heavy atom. The Labute approximate surface area is 233 Å². The fourth-order valence-electron chi connectivity index (χ4n) is 6.28. The predicted octanol–water partition coefficient (Wildman–Crippen LogP) is 7.91. The van der Waals surface area contributed by atoms with Crippen molar-refractivity contribution in [3.05, 3.63) is 0 Å². The molecule has 0 aliphatic carbocycles. The highest BCUT2D eigenvalue weighted by molar-refractivity contribution is 5.77. The molecule has 0 spiro atoms. The Hall–Kier alpha value is -0.610. The number of rotatable bonds is 22. The molecule has 2 unspecified atom stereocenters. The lowest BCUT2D eigenvalue weighted by Gasteiger charge is -2.44. The van der Waals surface area contributed by atoms with E-state index in [-0.39, 0.29) is 0 Å². The number of nitrogens with zero attached hydrogens (tertiary/aromatic N) is 3. The monoisotopic (exact) mass is 524 g/mol. The molecule has 1 heterocycles. The van der Waals surface area contributed by atoms with Crippen molar-refractivity contribution in [1.82, 2.24) is 4.90 Å². The molecule has 0 N–H and O–H groups in total. The molecule has 1 rings (SSSR count). The van der Waals surface area contributed by atoms with Gasteiger partial charge in [-0.1, -0.05) is 105 Å². The Morgan fingerprint density at radius 1 is 0.595 bits per heavy atom. The minimum absolute atomic E-state index is 0.439. The summed E-state index contributed by atoms with van der Waals surface area (Å²) in [5.74, 6) is 1.78. The van der Waals surface area contributed by atoms with E-state index in [9.17, 15) is 4.79 Å². The lowest BCUT2D eigenvalue weighted by atomic mass is 9.92. The number of piperazine rings is 1. The molecule has 1 aliphatic heterocycles. The van der Waals surface area contributed by atoms with Crippen molar-refractivity contribution >= 4 is 5.91 Å². The third-order valence-electron chi connectivity index (χ3n) is 9.14. The molecule has 1 amide bonds. The van der Waals surface area contributed by atoms with Crippen molar-refractivity contribution in [2.24, 2.45) is 11.8 Å². The zero-order valence-electron chi connectivity index (χ0n) is 26.7. The van der Waals surface area contributed by atoms with E-state index < -0.39 is 0 Å². The van der Waals surface area contributed by atoms with Crippen molar-refractivity contribution < 1.29 is 13.8 Å². The molecular weight excluding hydrogens is 454 g/mol. The van der Waals surface area contributed by atoms with Crippen LogP contribution in [-0.4, -0.2) is 86.7 Å². The first-order valence-electron chi connectivity index (χ1n) is 16.6. The van der Waals surface area contributed by atoms with Crippen molar-refractivity contribution in [1.29, 1.82) is 0 Å². The Balaban J connectivity index is 2.88. The third kappa shape index (κ3) is 15.5. The number of quaternary nitrogens is 2. The van der Waals surface area contributed by atoms with Crippen LogP contribution in [0.1, 0.15) is 130 Å². The van der Waals surface area contributed by atoms with Gasteiger partial charge in [0.25, 0.3) is 5.91 Å². The molecule has 0 aromatic carbocycles. The number of hydrogen-bond donors (Lipinski definition) is 0. The summed E-state index contributed by atoms with van der Waals surface area (Å²) >= 11 is 0. The molecule has 0 bridgehead atoms. The van der Waals surface area contributed by atoms with Crippen LogP contribution in [0.25, 0.3) is 0 Å². The number of unbranched alkanes of at least 4 members (excludes halogenated alkanes) is 8. The van der Waals surface area contributed by atoms with E-state index in [4.69, 9.17) is 0 Å². The summed E-state index contributed by atoms with van der Waals surface area (Å²) in [4.78, 5) is 16.4. The highest BCUT2D eigenvalue weighted by Gasteiger charge is 2.37. The number of likely N-dealkylation sites (N-methyl/N-ethyl adjacent to an activating group) is 2. The Bertz CT molecular complexity index is 540. The largest absolute Gasteiger partial charge is 0.337 e. The summed E-state index contributed by atoms with van der Waals surface area (Å²) in [6.07, 6.45) is 21.1. The summed E-state index contributed by atoms with van der Waals surface area (Å²) in [5.41, 5.74) is 0. The van der Waals surface area contributed by atoms with E-state index in [2.05, 4.69) is 53.7 Å². The van der Waals surface area contributed by atoms with Crippen molar-refractivity contribution in [2.45, 2.75) is 130 Å². The van der Waals surface area contributed by atoms with Crippen LogP contribution in [-0.2, 0) is 4.79 Å². The van der Waals surface area contributed by atoms with E-state index in [1.54, 1.807) is 0 Å². The normalized spacial score (nSPS) is 18.5. The van der Waals surface area contributed by atoms with E-state index in [0.717, 1.165) is 35.1 Å². The van der Waals surface area contributed by atoms with Gasteiger partial charge < -0.3 is 13.9 Å². The van der Waals surface area contributed by atoms with Gasteiger partial charge in [-0.05, 0) is 37.5 Å². The summed E-state index contributed by atoms with van der Waals surface area (Å²) < 4.78 is 2.03. The molecule has 37 heavy (non-hydrogen) atoms. The van der Waals surface area contributed by atoms with Crippen molar-refractivity contribution in [2.75, 3.05) is 67.0 Å². The molecule has 0 saturated carbocycles. The highest BCUT2D eigenvalue weighted by atomic mass is 16.2. The zero-order valence-corrected chi connectivity index (χ0v) is 26.7. The highest BCUT2D eigenvalue weighted by Crippen LogP contribution is 2.23. The van der Waals surface area contributed by atoms with Crippen LogP contribution in [0.2, 0.25) is 0 Å². The zero-order chi connectivity index (χ0) is 27.6. The third-order valence-corrected chi connectivity index (χ3v) is 9.14. The van der Waals surface area contributed by atoms with Crippen LogP contribution in [0.5, 0.6) is 0 Å². The van der Waals surface area contributed by atoms with Crippen LogP contribution in [0.4, 0.5) is 0 Å². The van der Waals surface area contributed by atoms with Crippen LogP contribution >= 0.6 is 0 Å². The van der Waals surface area contributed by atoms with Gasteiger partial charge in [0.15, 0.2) is 6.54 Å². The molecule has 1 saturated heterocycles. The fraction of sp³-hybridized carbons (Fsp3) is 0.970. The van der Waals surface area contributed by atoms with Gasteiger partial charge in [0.05, 0.1) is 21.1 Å². The quantitative estimate of drug-likeness (QED) is 0.104. The average Bonchev–Trinajstić information content (AvgIpc) is 2.85. The molecular formula is C33H69N3O+2. The fourth-order valence-corrected chi connectivity index (χ4v) is 6.28. The average molecular weight is 524 g/mol. The van der Waals surface area contributed by atoms with Crippen LogP contribution in [0.3, 0.4) is 0 Å². The molecule has 1 fully saturated rings. The summed E-state index contributed by atoms with van der Waals surface area (Å²) in [6.45, 7) is 16.5. The van der Waals surface area contributed by atoms with Crippen molar-refractivity contribution in [3.8, 4) is 0 Å². The molecule has 4 heteroatoms. The predicted molar refractivity (Wildman–Crippen MR) is 163 cm³/mol. The number of carbonyl (C=O) groups excluding carboxylic acids is 1. The molecule has 0 aromatic heterocycles. The Morgan fingerprint density at radius 2 is 1.03 bits per heavy atom. The molecule has 1 aliphatic rings. The van der Waals surface area contributed by atoms with Gasteiger partial charge in [-0.2, -0.15) is 0 Å². The topological polar surface area (TPSA) is 20.3 Å². The molecule has 220 valence electrons.